The van der Waals surface area contributed by atoms with Gasteiger partial charge in [-0.25, -0.2) is 0 Å². The van der Waals surface area contributed by atoms with Crippen LogP contribution in [0.3, 0.4) is 0 Å². The highest BCUT2D eigenvalue weighted by molar-refractivity contribution is 5.71. The first-order valence-electron chi connectivity index (χ1n) is 4.48. The Hall–Kier alpha value is -1.22. The molecule has 1 aliphatic carbocycles. The number of aromatic nitrogens is 1. The van der Waals surface area contributed by atoms with E-state index in [9.17, 15) is 4.79 Å². The number of hydrogen-bond acceptors (Lipinski definition) is 3. The maximum Gasteiger partial charge on any atom is 0.168 e. The van der Waals surface area contributed by atoms with Crippen LogP contribution >= 0.6 is 0 Å². The predicted octanol–water partition coefficient (Wildman–Crippen LogP) is 1.30. The average molecular weight is 176 g/mol. The highest BCUT2D eigenvalue weighted by atomic mass is 16.1. The lowest BCUT2D eigenvalue weighted by molar-refractivity contribution is 0.111. The fraction of sp³-hybridized carbons (Fsp3) is 0.400. The van der Waals surface area contributed by atoms with Gasteiger partial charge in [-0.1, -0.05) is 6.07 Å². The molecule has 0 unspecified atom stereocenters. The van der Waals surface area contributed by atoms with Crippen LogP contribution in [0.5, 0.6) is 0 Å². The van der Waals surface area contributed by atoms with Gasteiger partial charge in [0.15, 0.2) is 6.29 Å². The molecule has 1 fully saturated rings. The maximum atomic E-state index is 10.3. The second-order valence-electron chi connectivity index (χ2n) is 3.50. The molecule has 13 heavy (non-hydrogen) atoms. The van der Waals surface area contributed by atoms with Gasteiger partial charge in [0.25, 0.3) is 0 Å². The topological polar surface area (TPSA) is 56.0 Å². The number of nitrogens with zero attached hydrogens (tertiary/aromatic N) is 1. The maximum absolute atomic E-state index is 10.3. The van der Waals surface area contributed by atoms with Crippen molar-refractivity contribution in [2.75, 3.05) is 0 Å². The van der Waals surface area contributed by atoms with Gasteiger partial charge in [0.2, 0.25) is 0 Å². The zero-order chi connectivity index (χ0) is 9.26. The lowest BCUT2D eigenvalue weighted by Crippen LogP contribution is -2.12. The second kappa shape index (κ2) is 3.26. The van der Waals surface area contributed by atoms with Crippen LogP contribution < -0.4 is 5.73 Å². The van der Waals surface area contributed by atoms with Gasteiger partial charge < -0.3 is 5.73 Å². The van der Waals surface area contributed by atoms with E-state index in [2.05, 4.69) is 4.98 Å². The summed E-state index contributed by atoms with van der Waals surface area (Å²) in [7, 11) is 0. The van der Waals surface area contributed by atoms with Crippen LogP contribution in [0.4, 0.5) is 0 Å². The third-order valence-corrected chi connectivity index (χ3v) is 2.44. The van der Waals surface area contributed by atoms with E-state index in [1.165, 1.54) is 12.8 Å². The van der Waals surface area contributed by atoms with E-state index in [0.717, 1.165) is 11.8 Å². The molecule has 0 radical (unpaired) electrons. The Labute approximate surface area is 77.0 Å². The largest absolute Gasteiger partial charge is 0.324 e. The molecule has 2 N–H and O–H groups in total. The van der Waals surface area contributed by atoms with Crippen LogP contribution in [0.1, 0.15) is 34.9 Å². The van der Waals surface area contributed by atoms with E-state index in [4.69, 9.17) is 5.73 Å². The first kappa shape index (κ1) is 8.38. The smallest absolute Gasteiger partial charge is 0.168 e. The van der Waals surface area contributed by atoms with Crippen molar-refractivity contribution in [2.24, 2.45) is 11.7 Å². The van der Waals surface area contributed by atoms with Crippen molar-refractivity contribution in [1.29, 1.82) is 0 Å². The first-order chi connectivity index (χ1) is 6.31. The van der Waals surface area contributed by atoms with Crippen molar-refractivity contribution in [1.82, 2.24) is 4.98 Å². The summed E-state index contributed by atoms with van der Waals surface area (Å²) in [6.07, 6.45) is 4.88. The van der Waals surface area contributed by atoms with Gasteiger partial charge in [0, 0.05) is 12.2 Å². The lowest BCUT2D eigenvalue weighted by atomic mass is 10.1. The van der Waals surface area contributed by atoms with E-state index >= 15 is 0 Å². The van der Waals surface area contributed by atoms with Gasteiger partial charge in [-0.3, -0.25) is 9.78 Å². The second-order valence-corrected chi connectivity index (χ2v) is 3.50. The molecular weight excluding hydrogens is 164 g/mol. The number of carbonyl (C=O) groups excluding carboxylic acids is 1. The zero-order valence-corrected chi connectivity index (χ0v) is 7.31. The third-order valence-electron chi connectivity index (χ3n) is 2.44. The predicted molar refractivity (Wildman–Crippen MR) is 49.3 cm³/mol. The van der Waals surface area contributed by atoms with Crippen molar-refractivity contribution < 1.29 is 4.79 Å². The molecule has 0 aromatic carbocycles. The number of pyridine rings is 1. The third kappa shape index (κ3) is 1.75. The van der Waals surface area contributed by atoms with Gasteiger partial charge in [-0.2, -0.15) is 0 Å². The van der Waals surface area contributed by atoms with Crippen molar-refractivity contribution in [3.8, 4) is 0 Å². The van der Waals surface area contributed by atoms with Crippen molar-refractivity contribution >= 4 is 6.29 Å². The Balaban J connectivity index is 2.16. The molecule has 3 heteroatoms. The summed E-state index contributed by atoms with van der Waals surface area (Å²) in [4.78, 5) is 14.3. The monoisotopic (exact) mass is 176 g/mol. The molecule has 1 aromatic rings. The molecule has 2 rings (SSSR count). The highest BCUT2D eigenvalue weighted by Crippen LogP contribution is 2.39. The highest BCUT2D eigenvalue weighted by Gasteiger charge is 2.29. The molecule has 1 aromatic heterocycles. The first-order valence-corrected chi connectivity index (χ1v) is 4.48. The Morgan fingerprint density at radius 1 is 1.54 bits per heavy atom. The zero-order valence-electron chi connectivity index (χ0n) is 7.31. The van der Waals surface area contributed by atoms with Crippen molar-refractivity contribution in [2.45, 2.75) is 18.9 Å². The van der Waals surface area contributed by atoms with Crippen LogP contribution in [-0.4, -0.2) is 11.3 Å². The fourth-order valence-corrected chi connectivity index (χ4v) is 1.41. The Kier molecular flexibility index (Phi) is 2.10. The Morgan fingerprint density at radius 2 is 2.31 bits per heavy atom. The van der Waals surface area contributed by atoms with Gasteiger partial charge in [0.1, 0.15) is 5.69 Å². The molecule has 68 valence electrons. The number of hydrogen-bond donors (Lipinski definition) is 1. The molecule has 0 spiro atoms. The number of aldehydes is 1. The molecule has 3 nitrogen and oxygen atoms in total. The van der Waals surface area contributed by atoms with Crippen molar-refractivity contribution in [3.05, 3.63) is 29.6 Å². The summed E-state index contributed by atoms with van der Waals surface area (Å²) >= 11 is 0. The van der Waals surface area contributed by atoms with Crippen LogP contribution in [-0.2, 0) is 0 Å². The van der Waals surface area contributed by atoms with Gasteiger partial charge in [-0.05, 0) is 30.4 Å². The number of carbonyl (C=O) groups is 1. The molecule has 0 amide bonds. The summed E-state index contributed by atoms with van der Waals surface area (Å²) in [5.74, 6) is 0.629. The van der Waals surface area contributed by atoms with Gasteiger partial charge >= 0.3 is 0 Å². The molecule has 1 heterocycles. The minimum Gasteiger partial charge on any atom is -0.324 e. The van der Waals surface area contributed by atoms with Crippen LogP contribution in [0.15, 0.2) is 18.3 Å². The molecule has 0 bridgehead atoms. The van der Waals surface area contributed by atoms with E-state index in [1.807, 2.05) is 6.07 Å². The normalized spacial score (nSPS) is 18.2. The quantitative estimate of drug-likeness (QED) is 0.706. The molecule has 0 aliphatic heterocycles. The molecule has 1 atom stereocenters. The molecule has 1 aliphatic rings. The van der Waals surface area contributed by atoms with Gasteiger partial charge in [0.05, 0.1) is 0 Å². The van der Waals surface area contributed by atoms with E-state index in [1.54, 1.807) is 12.3 Å². The van der Waals surface area contributed by atoms with Crippen molar-refractivity contribution in [3.63, 3.8) is 0 Å². The minimum absolute atomic E-state index is 0.105. The summed E-state index contributed by atoms with van der Waals surface area (Å²) < 4.78 is 0. The summed E-state index contributed by atoms with van der Waals surface area (Å²) in [6.45, 7) is 0. The van der Waals surface area contributed by atoms with Crippen LogP contribution in [0.25, 0.3) is 0 Å². The Bertz CT molecular complexity index is 303. The molecule has 0 saturated heterocycles. The van der Waals surface area contributed by atoms with E-state index in [-0.39, 0.29) is 6.04 Å². The Morgan fingerprint density at radius 3 is 2.77 bits per heavy atom. The van der Waals surface area contributed by atoms with Gasteiger partial charge in [-0.15, -0.1) is 0 Å². The number of rotatable bonds is 3. The van der Waals surface area contributed by atoms with E-state index < -0.39 is 0 Å². The summed E-state index contributed by atoms with van der Waals surface area (Å²) in [5.41, 5.74) is 7.46. The van der Waals surface area contributed by atoms with Crippen LogP contribution in [0, 0.1) is 5.92 Å². The summed E-state index contributed by atoms with van der Waals surface area (Å²) in [6, 6.07) is 3.71. The average Bonchev–Trinajstić information content (AvgIpc) is 3.00. The summed E-state index contributed by atoms with van der Waals surface area (Å²) in [5, 5.41) is 0. The minimum atomic E-state index is 0.105. The van der Waals surface area contributed by atoms with E-state index in [0.29, 0.717) is 11.6 Å². The fourth-order valence-electron chi connectivity index (χ4n) is 1.41. The lowest BCUT2D eigenvalue weighted by Gasteiger charge is -2.09. The SMILES string of the molecule is N[C@@H](c1ccc(C=O)nc1)C1CC1. The standard InChI is InChI=1S/C10H12N2O/c11-10(7-1-2-7)8-3-4-9(6-13)12-5-8/h3-7,10H,1-2,11H2/t10-/m1/s1. The molecular formula is C10H12N2O. The van der Waals surface area contributed by atoms with Crippen LogP contribution in [0.2, 0.25) is 0 Å². The number of nitrogens with two attached hydrogens (primary N) is 1. The molecule has 1 saturated carbocycles.